The Morgan fingerprint density at radius 1 is 1.07 bits per heavy atom. The van der Waals surface area contributed by atoms with E-state index >= 15 is 0 Å². The first kappa shape index (κ1) is 17.1. The van der Waals surface area contributed by atoms with E-state index in [9.17, 15) is 14.9 Å². The Hall–Kier alpha value is -3.35. The van der Waals surface area contributed by atoms with Gasteiger partial charge >= 0.3 is 0 Å². The van der Waals surface area contributed by atoms with Crippen LogP contribution in [-0.4, -0.2) is 46.9 Å². The lowest BCUT2D eigenvalue weighted by Crippen LogP contribution is -2.49. The molecule has 4 rings (SSSR count). The maximum atomic E-state index is 12.8. The Balaban J connectivity index is 1.45. The van der Waals surface area contributed by atoms with E-state index in [2.05, 4.69) is 9.88 Å². The molecule has 1 N–H and O–H groups in total. The molecular formula is C20H20N4O3. The second-order valence-corrected chi connectivity index (χ2v) is 6.78. The summed E-state index contributed by atoms with van der Waals surface area (Å²) in [6, 6.07) is 14.7. The van der Waals surface area contributed by atoms with E-state index in [1.165, 1.54) is 6.07 Å². The molecule has 1 fully saturated rings. The quantitative estimate of drug-likeness (QED) is 0.571. The number of carbonyl (C=O) groups excluding carboxylic acids is 1. The van der Waals surface area contributed by atoms with E-state index in [0.29, 0.717) is 31.9 Å². The number of aromatic nitrogens is 1. The first-order valence-electron chi connectivity index (χ1n) is 8.90. The number of aryl methyl sites for hydroxylation is 1. The molecule has 138 valence electrons. The molecule has 0 radical (unpaired) electrons. The number of nitro groups is 1. The van der Waals surface area contributed by atoms with Crippen LogP contribution in [0.5, 0.6) is 0 Å². The van der Waals surface area contributed by atoms with Gasteiger partial charge in [0.05, 0.1) is 4.92 Å². The fraction of sp³-hybridized carbons (Fsp3) is 0.250. The minimum atomic E-state index is -0.381. The lowest BCUT2D eigenvalue weighted by molar-refractivity contribution is -0.384. The fourth-order valence-corrected chi connectivity index (χ4v) is 3.62. The van der Waals surface area contributed by atoms with Crippen molar-refractivity contribution in [2.75, 3.05) is 31.1 Å². The van der Waals surface area contributed by atoms with Gasteiger partial charge in [0.2, 0.25) is 0 Å². The number of hydrogen-bond acceptors (Lipinski definition) is 4. The van der Waals surface area contributed by atoms with Crippen molar-refractivity contribution >= 4 is 28.2 Å². The third-order valence-corrected chi connectivity index (χ3v) is 5.06. The van der Waals surface area contributed by atoms with Crippen LogP contribution >= 0.6 is 0 Å². The number of aromatic amines is 1. The van der Waals surface area contributed by atoms with Gasteiger partial charge in [-0.1, -0.05) is 18.2 Å². The van der Waals surface area contributed by atoms with E-state index in [0.717, 1.165) is 22.2 Å². The van der Waals surface area contributed by atoms with Crippen LogP contribution in [0.4, 0.5) is 11.4 Å². The van der Waals surface area contributed by atoms with Crippen LogP contribution in [0.15, 0.2) is 48.5 Å². The van der Waals surface area contributed by atoms with Gasteiger partial charge < -0.3 is 14.8 Å². The predicted octanol–water partition coefficient (Wildman–Crippen LogP) is 3.35. The summed E-state index contributed by atoms with van der Waals surface area (Å²) in [5, 5.41) is 11.9. The van der Waals surface area contributed by atoms with Crippen LogP contribution in [0.25, 0.3) is 10.9 Å². The van der Waals surface area contributed by atoms with Crippen LogP contribution in [0, 0.1) is 17.0 Å². The number of carbonyl (C=O) groups is 1. The normalized spacial score (nSPS) is 14.6. The topological polar surface area (TPSA) is 82.5 Å². The Bertz CT molecular complexity index is 986. The number of fused-ring (bicyclic) bond motifs is 1. The largest absolute Gasteiger partial charge is 0.368 e. The summed E-state index contributed by atoms with van der Waals surface area (Å²) < 4.78 is 0. The molecule has 0 atom stereocenters. The van der Waals surface area contributed by atoms with E-state index in [-0.39, 0.29) is 16.5 Å². The zero-order chi connectivity index (χ0) is 19.0. The molecule has 27 heavy (non-hydrogen) atoms. The van der Waals surface area contributed by atoms with Crippen molar-refractivity contribution in [1.29, 1.82) is 0 Å². The number of nitrogens with one attached hydrogen (secondary N) is 1. The van der Waals surface area contributed by atoms with Gasteiger partial charge in [-0.25, -0.2) is 0 Å². The Kier molecular flexibility index (Phi) is 4.27. The molecule has 0 aliphatic carbocycles. The number of rotatable bonds is 3. The fourth-order valence-electron chi connectivity index (χ4n) is 3.62. The third kappa shape index (κ3) is 3.23. The van der Waals surface area contributed by atoms with E-state index < -0.39 is 0 Å². The van der Waals surface area contributed by atoms with E-state index in [4.69, 9.17) is 0 Å². The standard InChI is InChI=1S/C20H20N4O3/c1-14-12-16(24(26)27)6-7-19(14)22-8-10-23(11-9-22)20(25)18-13-15-4-2-3-5-17(15)21-18/h2-7,12-13,21H,8-11H2,1H3. The number of anilines is 1. The highest BCUT2D eigenvalue weighted by Gasteiger charge is 2.24. The minimum absolute atomic E-state index is 0.00581. The number of piperazine rings is 1. The molecule has 7 heteroatoms. The van der Waals surface area contributed by atoms with Gasteiger partial charge in [-0.05, 0) is 30.7 Å². The Morgan fingerprint density at radius 2 is 1.81 bits per heavy atom. The highest BCUT2D eigenvalue weighted by molar-refractivity contribution is 5.98. The highest BCUT2D eigenvalue weighted by atomic mass is 16.6. The van der Waals surface area contributed by atoms with Crippen molar-refractivity contribution < 1.29 is 9.72 Å². The average Bonchev–Trinajstić information content (AvgIpc) is 3.11. The van der Waals surface area contributed by atoms with Gasteiger partial charge in [-0.3, -0.25) is 14.9 Å². The first-order valence-corrected chi connectivity index (χ1v) is 8.90. The highest BCUT2D eigenvalue weighted by Crippen LogP contribution is 2.26. The number of benzene rings is 2. The average molecular weight is 364 g/mol. The predicted molar refractivity (Wildman–Crippen MR) is 104 cm³/mol. The van der Waals surface area contributed by atoms with Gasteiger partial charge in [0.25, 0.3) is 11.6 Å². The summed E-state index contributed by atoms with van der Waals surface area (Å²) in [6.07, 6.45) is 0. The van der Waals surface area contributed by atoms with Crippen LogP contribution in [0.1, 0.15) is 16.1 Å². The van der Waals surface area contributed by atoms with Crippen molar-refractivity contribution in [3.05, 3.63) is 69.9 Å². The van der Waals surface area contributed by atoms with Gasteiger partial charge in [-0.2, -0.15) is 0 Å². The van der Waals surface area contributed by atoms with Gasteiger partial charge in [0.15, 0.2) is 0 Å². The zero-order valence-electron chi connectivity index (χ0n) is 15.0. The maximum Gasteiger partial charge on any atom is 0.270 e. The van der Waals surface area contributed by atoms with Crippen molar-refractivity contribution in [3.63, 3.8) is 0 Å². The summed E-state index contributed by atoms with van der Waals surface area (Å²) in [7, 11) is 0. The number of hydrogen-bond donors (Lipinski definition) is 1. The smallest absolute Gasteiger partial charge is 0.270 e. The maximum absolute atomic E-state index is 12.8. The Morgan fingerprint density at radius 3 is 2.48 bits per heavy atom. The molecule has 3 aromatic rings. The monoisotopic (exact) mass is 364 g/mol. The molecular weight excluding hydrogens is 344 g/mol. The molecule has 0 saturated carbocycles. The van der Waals surface area contributed by atoms with Gasteiger partial charge in [0, 0.05) is 54.9 Å². The second-order valence-electron chi connectivity index (χ2n) is 6.78. The number of para-hydroxylation sites is 1. The van der Waals surface area contributed by atoms with Crippen molar-refractivity contribution in [1.82, 2.24) is 9.88 Å². The molecule has 1 aliphatic heterocycles. The number of nitrogens with zero attached hydrogens (tertiary/aromatic N) is 3. The zero-order valence-corrected chi connectivity index (χ0v) is 15.0. The van der Waals surface area contributed by atoms with Crippen LogP contribution in [-0.2, 0) is 0 Å². The molecule has 2 aromatic carbocycles. The summed E-state index contributed by atoms with van der Waals surface area (Å²) in [4.78, 5) is 30.5. The number of H-pyrrole nitrogens is 1. The Labute approximate surface area is 156 Å². The first-order chi connectivity index (χ1) is 13.0. The third-order valence-electron chi connectivity index (χ3n) is 5.06. The summed E-state index contributed by atoms with van der Waals surface area (Å²) in [6.45, 7) is 4.51. The lowest BCUT2D eigenvalue weighted by atomic mass is 10.1. The van der Waals surface area contributed by atoms with Crippen LogP contribution in [0.3, 0.4) is 0 Å². The lowest BCUT2D eigenvalue weighted by Gasteiger charge is -2.36. The van der Waals surface area contributed by atoms with Gasteiger partial charge in [-0.15, -0.1) is 0 Å². The molecule has 0 bridgehead atoms. The van der Waals surface area contributed by atoms with E-state index in [1.54, 1.807) is 12.1 Å². The molecule has 2 heterocycles. The molecule has 1 amide bonds. The van der Waals surface area contributed by atoms with Crippen LogP contribution < -0.4 is 4.90 Å². The number of non-ortho nitro benzene ring substituents is 1. The molecule has 1 saturated heterocycles. The molecule has 0 unspecified atom stereocenters. The summed E-state index contributed by atoms with van der Waals surface area (Å²) >= 11 is 0. The second kappa shape index (κ2) is 6.75. The van der Waals surface area contributed by atoms with Crippen molar-refractivity contribution in [2.24, 2.45) is 0 Å². The summed E-state index contributed by atoms with van der Waals surface area (Å²) in [5.74, 6) is 0.00581. The number of nitro benzene ring substituents is 1. The van der Waals surface area contributed by atoms with E-state index in [1.807, 2.05) is 42.2 Å². The SMILES string of the molecule is Cc1cc([N+](=O)[O-])ccc1N1CCN(C(=O)c2cc3ccccc3[nH]2)CC1. The molecule has 1 aromatic heterocycles. The summed E-state index contributed by atoms with van der Waals surface area (Å²) in [5.41, 5.74) is 3.53. The van der Waals surface area contributed by atoms with Gasteiger partial charge in [0.1, 0.15) is 5.69 Å². The van der Waals surface area contributed by atoms with Crippen molar-refractivity contribution in [2.45, 2.75) is 6.92 Å². The molecule has 1 aliphatic rings. The minimum Gasteiger partial charge on any atom is -0.368 e. The number of amides is 1. The van der Waals surface area contributed by atoms with Crippen LogP contribution in [0.2, 0.25) is 0 Å². The molecule has 7 nitrogen and oxygen atoms in total. The van der Waals surface area contributed by atoms with Crippen molar-refractivity contribution in [3.8, 4) is 0 Å². The molecule has 0 spiro atoms.